The maximum absolute atomic E-state index is 13.4. The summed E-state index contributed by atoms with van der Waals surface area (Å²) in [4.78, 5) is 13.0. The highest BCUT2D eigenvalue weighted by Crippen LogP contribution is 2.30. The molecule has 0 radical (unpaired) electrons. The van der Waals surface area contributed by atoms with Gasteiger partial charge in [-0.15, -0.1) is 0 Å². The van der Waals surface area contributed by atoms with Gasteiger partial charge in [0.1, 0.15) is 0 Å². The van der Waals surface area contributed by atoms with Gasteiger partial charge in [-0.05, 0) is 55.3 Å². The van der Waals surface area contributed by atoms with Gasteiger partial charge in [-0.25, -0.2) is 8.42 Å². The highest BCUT2D eigenvalue weighted by atomic mass is 32.2. The van der Waals surface area contributed by atoms with E-state index in [4.69, 9.17) is 4.74 Å². The third-order valence-corrected chi connectivity index (χ3v) is 8.63. The molecule has 1 atom stereocenters. The Bertz CT molecular complexity index is 1070. The lowest BCUT2D eigenvalue weighted by Gasteiger charge is -2.38. The van der Waals surface area contributed by atoms with Gasteiger partial charge < -0.3 is 4.74 Å². The molecule has 0 N–H and O–H groups in total. The van der Waals surface area contributed by atoms with Crippen LogP contribution in [0.5, 0.6) is 0 Å². The third-order valence-electron chi connectivity index (χ3n) is 6.77. The summed E-state index contributed by atoms with van der Waals surface area (Å²) in [6, 6.07) is 14.3. The van der Waals surface area contributed by atoms with Crippen LogP contribution in [0, 0.1) is 16.0 Å². The second-order valence-corrected chi connectivity index (χ2v) is 10.9. The van der Waals surface area contributed by atoms with Crippen molar-refractivity contribution in [3.63, 3.8) is 0 Å². The van der Waals surface area contributed by atoms with Crippen LogP contribution in [0.1, 0.15) is 24.0 Å². The Kier molecular flexibility index (Phi) is 7.43. The van der Waals surface area contributed by atoms with E-state index < -0.39 is 14.9 Å². The van der Waals surface area contributed by atoms with Crippen molar-refractivity contribution in [1.82, 2.24) is 9.21 Å². The summed E-state index contributed by atoms with van der Waals surface area (Å²) in [6.45, 7) is 2.75. The molecular formula is C24H31N3O5S. The molecule has 8 nitrogen and oxygen atoms in total. The minimum atomic E-state index is -3.88. The van der Waals surface area contributed by atoms with Crippen molar-refractivity contribution in [2.75, 3.05) is 39.9 Å². The molecule has 1 unspecified atom stereocenters. The van der Waals surface area contributed by atoms with E-state index in [1.807, 2.05) is 0 Å². The Morgan fingerprint density at radius 3 is 2.55 bits per heavy atom. The van der Waals surface area contributed by atoms with E-state index >= 15 is 0 Å². The van der Waals surface area contributed by atoms with E-state index in [0.29, 0.717) is 12.6 Å². The normalized spacial score (nSPS) is 19.6. The van der Waals surface area contributed by atoms with Gasteiger partial charge in [-0.2, -0.15) is 4.31 Å². The summed E-state index contributed by atoms with van der Waals surface area (Å²) in [5, 5.41) is 11.2. The molecule has 0 spiro atoms. The summed E-state index contributed by atoms with van der Waals surface area (Å²) >= 11 is 0. The fourth-order valence-corrected chi connectivity index (χ4v) is 6.61. The number of nitrogens with zero attached hydrogens (tertiary/aromatic N) is 3. The van der Waals surface area contributed by atoms with Gasteiger partial charge in [0.15, 0.2) is 0 Å². The summed E-state index contributed by atoms with van der Waals surface area (Å²) in [5.41, 5.74) is 2.60. The first-order valence-corrected chi connectivity index (χ1v) is 12.9. The number of non-ortho nitro benzene ring substituents is 1. The number of fused-ring (bicyclic) bond motifs is 1. The highest BCUT2D eigenvalue weighted by molar-refractivity contribution is 7.89. The monoisotopic (exact) mass is 473 g/mol. The van der Waals surface area contributed by atoms with Crippen LogP contribution < -0.4 is 0 Å². The number of nitro groups is 1. The largest absolute Gasteiger partial charge is 0.383 e. The molecule has 0 saturated carbocycles. The average Bonchev–Trinajstić information content (AvgIpc) is 3.26. The molecule has 2 aromatic carbocycles. The van der Waals surface area contributed by atoms with E-state index in [2.05, 4.69) is 29.2 Å². The van der Waals surface area contributed by atoms with Crippen LogP contribution in [-0.2, 0) is 27.6 Å². The van der Waals surface area contributed by atoms with Crippen molar-refractivity contribution in [3.8, 4) is 0 Å². The molecule has 0 amide bonds. The van der Waals surface area contributed by atoms with E-state index in [9.17, 15) is 18.5 Å². The molecule has 1 heterocycles. The number of rotatable bonds is 9. The van der Waals surface area contributed by atoms with Crippen LogP contribution in [0.15, 0.2) is 53.4 Å². The standard InChI is InChI=1S/C24H31N3O5S/c1-32-13-12-26(33(30,31)24-10-4-9-22(16-24)27(28)29)18-19-6-5-11-25(17-19)23-14-20-7-2-3-8-21(20)15-23/h2-4,7-10,16,19,23H,5-6,11-15,17-18H2,1H3. The predicted octanol–water partition coefficient (Wildman–Crippen LogP) is 3.11. The number of nitro benzene ring substituents is 1. The number of hydrogen-bond acceptors (Lipinski definition) is 6. The fraction of sp³-hybridized carbons (Fsp3) is 0.500. The predicted molar refractivity (Wildman–Crippen MR) is 126 cm³/mol. The van der Waals surface area contributed by atoms with Crippen LogP contribution in [0.2, 0.25) is 0 Å². The zero-order valence-corrected chi connectivity index (χ0v) is 19.7. The lowest BCUT2D eigenvalue weighted by Crippen LogP contribution is -2.47. The van der Waals surface area contributed by atoms with Crippen molar-refractivity contribution in [2.24, 2.45) is 5.92 Å². The number of hydrogen-bond donors (Lipinski definition) is 0. The maximum atomic E-state index is 13.4. The van der Waals surface area contributed by atoms with Crippen molar-refractivity contribution < 1.29 is 18.1 Å². The molecule has 0 bridgehead atoms. The maximum Gasteiger partial charge on any atom is 0.270 e. The van der Waals surface area contributed by atoms with Crippen LogP contribution in [0.4, 0.5) is 5.69 Å². The van der Waals surface area contributed by atoms with Crippen LogP contribution in [0.3, 0.4) is 0 Å². The quantitative estimate of drug-likeness (QED) is 0.410. The van der Waals surface area contributed by atoms with Crippen molar-refractivity contribution in [1.29, 1.82) is 0 Å². The van der Waals surface area contributed by atoms with Crippen molar-refractivity contribution in [2.45, 2.75) is 36.6 Å². The van der Waals surface area contributed by atoms with Crippen LogP contribution in [-0.4, -0.2) is 68.5 Å². The molecule has 1 aliphatic carbocycles. The molecule has 1 saturated heterocycles. The van der Waals surface area contributed by atoms with Gasteiger partial charge in [0.05, 0.1) is 16.4 Å². The van der Waals surface area contributed by atoms with Crippen molar-refractivity contribution >= 4 is 15.7 Å². The minimum Gasteiger partial charge on any atom is -0.383 e. The number of methoxy groups -OCH3 is 1. The lowest BCUT2D eigenvalue weighted by atomic mass is 9.96. The summed E-state index contributed by atoms with van der Waals surface area (Å²) in [7, 11) is -2.34. The molecule has 2 aromatic rings. The first kappa shape index (κ1) is 23.8. The second-order valence-electron chi connectivity index (χ2n) is 8.94. The topological polar surface area (TPSA) is 93.0 Å². The van der Waals surface area contributed by atoms with Crippen LogP contribution in [0.25, 0.3) is 0 Å². The molecule has 2 aliphatic rings. The number of ether oxygens (including phenoxy) is 1. The van der Waals surface area contributed by atoms with Gasteiger partial charge in [-0.1, -0.05) is 30.3 Å². The second kappa shape index (κ2) is 10.3. The Hall–Kier alpha value is -2.33. The Morgan fingerprint density at radius 1 is 1.15 bits per heavy atom. The Balaban J connectivity index is 1.48. The fourth-order valence-electron chi connectivity index (χ4n) is 5.07. The third kappa shape index (κ3) is 5.43. The first-order valence-electron chi connectivity index (χ1n) is 11.4. The van der Waals surface area contributed by atoms with Crippen molar-refractivity contribution in [3.05, 3.63) is 69.8 Å². The van der Waals surface area contributed by atoms with Gasteiger partial charge >= 0.3 is 0 Å². The molecular weight excluding hydrogens is 442 g/mol. The molecule has 0 aromatic heterocycles. The Labute approximate surface area is 195 Å². The molecule has 4 rings (SSSR count). The molecule has 9 heteroatoms. The van der Waals surface area contributed by atoms with E-state index in [1.165, 1.54) is 40.7 Å². The zero-order valence-electron chi connectivity index (χ0n) is 18.9. The molecule has 33 heavy (non-hydrogen) atoms. The zero-order chi connectivity index (χ0) is 23.4. The van der Waals surface area contributed by atoms with Gasteiger partial charge in [-0.3, -0.25) is 15.0 Å². The molecule has 1 aliphatic heterocycles. The Morgan fingerprint density at radius 2 is 1.88 bits per heavy atom. The van der Waals surface area contributed by atoms with Gasteiger partial charge in [0, 0.05) is 44.9 Å². The highest BCUT2D eigenvalue weighted by Gasteiger charge is 2.33. The van der Waals surface area contributed by atoms with Gasteiger partial charge in [0.2, 0.25) is 10.0 Å². The van der Waals surface area contributed by atoms with E-state index in [0.717, 1.165) is 44.8 Å². The SMILES string of the molecule is COCCN(CC1CCCN(C2Cc3ccccc3C2)C1)S(=O)(=O)c1cccc([N+](=O)[O-])c1. The number of sulfonamides is 1. The van der Waals surface area contributed by atoms with Gasteiger partial charge in [0.25, 0.3) is 5.69 Å². The minimum absolute atomic E-state index is 0.0493. The lowest BCUT2D eigenvalue weighted by molar-refractivity contribution is -0.385. The average molecular weight is 474 g/mol. The number of piperidine rings is 1. The number of likely N-dealkylation sites (tertiary alicyclic amines) is 1. The summed E-state index contributed by atoms with van der Waals surface area (Å²) in [6.07, 6.45) is 4.08. The molecule has 1 fully saturated rings. The smallest absolute Gasteiger partial charge is 0.270 e. The number of benzene rings is 2. The summed E-state index contributed by atoms with van der Waals surface area (Å²) < 4.78 is 33.4. The van der Waals surface area contributed by atoms with E-state index in [1.54, 1.807) is 0 Å². The van der Waals surface area contributed by atoms with Crippen LogP contribution >= 0.6 is 0 Å². The first-order chi connectivity index (χ1) is 15.9. The molecule has 178 valence electrons. The summed E-state index contributed by atoms with van der Waals surface area (Å²) in [5.74, 6) is 0.202. The van der Waals surface area contributed by atoms with E-state index in [-0.39, 0.29) is 29.7 Å².